The molecule has 0 radical (unpaired) electrons. The molecule has 0 aromatic heterocycles. The van der Waals surface area contributed by atoms with Gasteiger partial charge in [0.1, 0.15) is 5.75 Å². The molecule has 0 N–H and O–H groups in total. The van der Waals surface area contributed by atoms with Crippen LogP contribution in [0.2, 0.25) is 0 Å². The average Bonchev–Trinajstić information content (AvgIpc) is 2.55. The Hall–Kier alpha value is -2.42. The van der Waals surface area contributed by atoms with Crippen LogP contribution in [-0.4, -0.2) is 13.0 Å². The number of rotatable bonds is 3. The Kier molecular flexibility index (Phi) is 3.80. The lowest BCUT2D eigenvalue weighted by atomic mass is 9.94. The molecule has 0 saturated heterocycles. The van der Waals surface area contributed by atoms with Crippen LogP contribution in [0.5, 0.6) is 5.75 Å². The maximum absolute atomic E-state index is 13.2. The molecule has 0 unspecified atom stereocenters. The number of methoxy groups -OCH3 is 1. The van der Waals surface area contributed by atoms with Gasteiger partial charge >= 0.3 is 0 Å². The fourth-order valence-corrected chi connectivity index (χ4v) is 2.54. The van der Waals surface area contributed by atoms with E-state index in [1.54, 1.807) is 13.2 Å². The standard InChI is InChI=1S/C19H16F2O/c1-22-18-8-7-16(14-9-11-19(20,21)12-10-14)13-17(18)15-5-3-2-4-6-15/h2-11,13H,12H2,1H3. The average molecular weight is 298 g/mol. The lowest BCUT2D eigenvalue weighted by molar-refractivity contribution is 0.0579. The molecule has 0 amide bonds. The summed E-state index contributed by atoms with van der Waals surface area (Å²) in [7, 11) is 1.63. The minimum atomic E-state index is -2.74. The lowest BCUT2D eigenvalue weighted by Crippen LogP contribution is -2.13. The van der Waals surface area contributed by atoms with Crippen molar-refractivity contribution in [2.75, 3.05) is 7.11 Å². The van der Waals surface area contributed by atoms with Crippen LogP contribution < -0.4 is 4.74 Å². The Balaban J connectivity index is 2.02. The molecule has 1 aliphatic rings. The summed E-state index contributed by atoms with van der Waals surface area (Å²) in [6, 6.07) is 15.6. The molecule has 1 aliphatic carbocycles. The van der Waals surface area contributed by atoms with Crippen LogP contribution in [0.25, 0.3) is 16.7 Å². The SMILES string of the molecule is COc1ccc(C2=CCC(F)(F)C=C2)cc1-c1ccccc1. The highest BCUT2D eigenvalue weighted by atomic mass is 19.3. The summed E-state index contributed by atoms with van der Waals surface area (Å²) in [6.07, 6.45) is 3.77. The van der Waals surface area contributed by atoms with Gasteiger partial charge in [-0.25, -0.2) is 8.78 Å². The van der Waals surface area contributed by atoms with Crippen molar-refractivity contribution in [3.8, 4) is 16.9 Å². The molecule has 22 heavy (non-hydrogen) atoms. The second-order valence-electron chi connectivity index (χ2n) is 5.24. The van der Waals surface area contributed by atoms with E-state index >= 15 is 0 Å². The molecule has 112 valence electrons. The zero-order valence-electron chi connectivity index (χ0n) is 12.2. The highest BCUT2D eigenvalue weighted by Crippen LogP contribution is 2.35. The third-order valence-corrected chi connectivity index (χ3v) is 3.72. The molecule has 0 heterocycles. The molecular weight excluding hydrogens is 282 g/mol. The second kappa shape index (κ2) is 5.76. The van der Waals surface area contributed by atoms with Gasteiger partial charge in [-0.1, -0.05) is 48.6 Å². The number of alkyl halides is 2. The Morgan fingerprint density at radius 3 is 2.41 bits per heavy atom. The fourth-order valence-electron chi connectivity index (χ4n) is 2.54. The summed E-state index contributed by atoms with van der Waals surface area (Å²) < 4.78 is 31.8. The predicted octanol–water partition coefficient (Wildman–Crippen LogP) is 5.34. The summed E-state index contributed by atoms with van der Waals surface area (Å²) in [4.78, 5) is 0. The molecule has 0 spiro atoms. The first-order valence-corrected chi connectivity index (χ1v) is 7.10. The van der Waals surface area contributed by atoms with Gasteiger partial charge in [-0.05, 0) is 34.9 Å². The number of hydrogen-bond donors (Lipinski definition) is 0. The summed E-state index contributed by atoms with van der Waals surface area (Å²) in [5.41, 5.74) is 3.70. The van der Waals surface area contributed by atoms with E-state index in [2.05, 4.69) is 0 Å². The zero-order chi connectivity index (χ0) is 15.6. The smallest absolute Gasteiger partial charge is 0.270 e. The summed E-state index contributed by atoms with van der Waals surface area (Å²) >= 11 is 0. The van der Waals surface area contributed by atoms with Crippen LogP contribution >= 0.6 is 0 Å². The molecule has 2 aromatic carbocycles. The van der Waals surface area contributed by atoms with Gasteiger partial charge in [-0.3, -0.25) is 0 Å². The third kappa shape index (κ3) is 2.93. The normalized spacial score (nSPS) is 16.2. The quantitative estimate of drug-likeness (QED) is 0.743. The Labute approximate surface area is 128 Å². The van der Waals surface area contributed by atoms with Gasteiger partial charge < -0.3 is 4.74 Å². The van der Waals surface area contributed by atoms with Gasteiger partial charge in [0.05, 0.1) is 7.11 Å². The van der Waals surface area contributed by atoms with Crippen LogP contribution in [0.4, 0.5) is 8.78 Å². The number of allylic oxidation sites excluding steroid dienone is 4. The zero-order valence-corrected chi connectivity index (χ0v) is 12.2. The Bertz CT molecular complexity index is 730. The van der Waals surface area contributed by atoms with Gasteiger partial charge in [-0.15, -0.1) is 0 Å². The second-order valence-corrected chi connectivity index (χ2v) is 5.24. The first-order valence-electron chi connectivity index (χ1n) is 7.10. The van der Waals surface area contributed by atoms with Gasteiger partial charge in [0.2, 0.25) is 0 Å². The van der Waals surface area contributed by atoms with E-state index < -0.39 is 5.92 Å². The van der Waals surface area contributed by atoms with Crippen LogP contribution in [0.3, 0.4) is 0 Å². The number of halogens is 2. The van der Waals surface area contributed by atoms with Gasteiger partial charge in [-0.2, -0.15) is 0 Å². The third-order valence-electron chi connectivity index (χ3n) is 3.72. The van der Waals surface area contributed by atoms with Crippen molar-refractivity contribution in [1.29, 1.82) is 0 Å². The molecule has 0 saturated carbocycles. The van der Waals surface area contributed by atoms with Crippen molar-refractivity contribution in [3.63, 3.8) is 0 Å². The Morgan fingerprint density at radius 1 is 1.00 bits per heavy atom. The maximum atomic E-state index is 13.2. The first kappa shape index (κ1) is 14.5. The van der Waals surface area contributed by atoms with E-state index in [0.29, 0.717) is 0 Å². The van der Waals surface area contributed by atoms with Crippen molar-refractivity contribution >= 4 is 5.57 Å². The van der Waals surface area contributed by atoms with Gasteiger partial charge in [0, 0.05) is 12.0 Å². The molecule has 0 aliphatic heterocycles. The fraction of sp³-hybridized carbons (Fsp3) is 0.158. The van der Waals surface area contributed by atoms with Crippen molar-refractivity contribution in [2.45, 2.75) is 12.3 Å². The van der Waals surface area contributed by atoms with Crippen molar-refractivity contribution in [1.82, 2.24) is 0 Å². The summed E-state index contributed by atoms with van der Waals surface area (Å²) in [5.74, 6) is -1.97. The number of hydrogen-bond acceptors (Lipinski definition) is 1. The van der Waals surface area contributed by atoms with Crippen molar-refractivity contribution in [3.05, 3.63) is 72.3 Å². The number of benzene rings is 2. The Morgan fingerprint density at radius 2 is 1.77 bits per heavy atom. The first-order chi connectivity index (χ1) is 10.6. The topological polar surface area (TPSA) is 9.23 Å². The highest BCUT2D eigenvalue weighted by molar-refractivity contribution is 5.81. The highest BCUT2D eigenvalue weighted by Gasteiger charge is 2.26. The molecule has 3 rings (SSSR count). The van der Waals surface area contributed by atoms with E-state index in [1.165, 1.54) is 6.08 Å². The molecule has 0 fully saturated rings. The van der Waals surface area contributed by atoms with Crippen LogP contribution in [-0.2, 0) is 0 Å². The van der Waals surface area contributed by atoms with Gasteiger partial charge in [0.25, 0.3) is 5.92 Å². The van der Waals surface area contributed by atoms with Crippen LogP contribution in [0.1, 0.15) is 12.0 Å². The maximum Gasteiger partial charge on any atom is 0.270 e. The van der Waals surface area contributed by atoms with E-state index in [1.807, 2.05) is 48.5 Å². The van der Waals surface area contributed by atoms with Crippen molar-refractivity contribution in [2.24, 2.45) is 0 Å². The number of ether oxygens (including phenoxy) is 1. The van der Waals surface area contributed by atoms with Gasteiger partial charge in [0.15, 0.2) is 0 Å². The molecule has 2 aromatic rings. The predicted molar refractivity (Wildman–Crippen MR) is 85.1 cm³/mol. The minimum absolute atomic E-state index is 0.258. The molecular formula is C19H16F2O. The summed E-state index contributed by atoms with van der Waals surface area (Å²) in [6.45, 7) is 0. The van der Waals surface area contributed by atoms with E-state index in [4.69, 9.17) is 4.74 Å². The van der Waals surface area contributed by atoms with Crippen LogP contribution in [0, 0.1) is 0 Å². The van der Waals surface area contributed by atoms with E-state index in [9.17, 15) is 8.78 Å². The largest absolute Gasteiger partial charge is 0.496 e. The molecule has 1 nitrogen and oxygen atoms in total. The van der Waals surface area contributed by atoms with Crippen molar-refractivity contribution < 1.29 is 13.5 Å². The summed E-state index contributed by atoms with van der Waals surface area (Å²) in [5, 5.41) is 0. The lowest BCUT2D eigenvalue weighted by Gasteiger charge is -2.17. The molecule has 0 bridgehead atoms. The molecule has 3 heteroatoms. The van der Waals surface area contributed by atoms with E-state index in [0.717, 1.165) is 34.1 Å². The van der Waals surface area contributed by atoms with E-state index in [-0.39, 0.29) is 6.42 Å². The van der Waals surface area contributed by atoms with Crippen LogP contribution in [0.15, 0.2) is 66.8 Å². The molecule has 0 atom stereocenters. The minimum Gasteiger partial charge on any atom is -0.496 e. The monoisotopic (exact) mass is 298 g/mol.